The lowest BCUT2D eigenvalue weighted by Gasteiger charge is -2.21. The molecule has 0 fully saturated rings. The molecule has 13 heteroatoms. The molecule has 2 N–H and O–H groups in total. The molecule has 3 aromatic heterocycles. The molecule has 4 heterocycles. The van der Waals surface area contributed by atoms with E-state index in [0.29, 0.717) is 59.8 Å². The molecule has 0 radical (unpaired) electrons. The smallest absolute Gasteiger partial charge is 0.349 e. The average Bonchev–Trinajstić information content (AvgIpc) is 3.48. The van der Waals surface area contributed by atoms with Crippen molar-refractivity contribution in [2.24, 2.45) is 0 Å². The number of anilines is 1. The van der Waals surface area contributed by atoms with E-state index < -0.39 is 17.5 Å². The third-order valence-electron chi connectivity index (χ3n) is 6.22. The van der Waals surface area contributed by atoms with Crippen LogP contribution < -0.4 is 25.2 Å². The molecule has 6 rings (SSSR count). The van der Waals surface area contributed by atoms with E-state index in [2.05, 4.69) is 30.5 Å². The highest BCUT2D eigenvalue weighted by Gasteiger charge is 2.26. The molecule has 1 atom stereocenters. The highest BCUT2D eigenvalue weighted by atomic mass is 19.1. The first-order valence-corrected chi connectivity index (χ1v) is 12.4. The van der Waals surface area contributed by atoms with Crippen molar-refractivity contribution in [2.45, 2.75) is 19.4 Å². The number of methoxy groups -OCH3 is 1. The minimum Gasteiger partial charge on any atom is -0.493 e. The quantitative estimate of drug-likeness (QED) is 0.310. The number of fused-ring (bicyclic) bond motifs is 1. The average molecular weight is 546 g/mol. The van der Waals surface area contributed by atoms with Gasteiger partial charge in [-0.2, -0.15) is 9.67 Å². The van der Waals surface area contributed by atoms with Crippen LogP contribution in [0.15, 0.2) is 64.0 Å². The fourth-order valence-corrected chi connectivity index (χ4v) is 4.34. The number of hydrogen-bond donors (Lipinski definition) is 2. The number of aromatic amines is 1. The summed E-state index contributed by atoms with van der Waals surface area (Å²) < 4.78 is 37.9. The predicted molar refractivity (Wildman–Crippen MR) is 140 cm³/mol. The van der Waals surface area contributed by atoms with Gasteiger partial charge in [-0.25, -0.2) is 14.2 Å². The number of nitrogens with one attached hydrogen (secondary N) is 2. The molecular weight excluding hydrogens is 521 g/mol. The molecule has 1 aliphatic heterocycles. The number of pyridine rings is 1. The Balaban J connectivity index is 1.43. The minimum atomic E-state index is -0.718. The summed E-state index contributed by atoms with van der Waals surface area (Å²) in [7, 11) is 1.54. The van der Waals surface area contributed by atoms with Crippen molar-refractivity contribution in [2.75, 3.05) is 25.6 Å². The van der Waals surface area contributed by atoms with Crippen LogP contribution in [-0.2, 0) is 0 Å². The number of hydrogen-bond acceptors (Lipinski definition) is 10. The van der Waals surface area contributed by atoms with Gasteiger partial charge in [-0.3, -0.25) is 4.98 Å². The Morgan fingerprint density at radius 2 is 1.98 bits per heavy atom. The number of halogens is 1. The SMILES string of the molecule is COc1cc(C(Nc2ccc(-c3noc(C)n3)cc2)c2nn(-c3ncccc3F)c(=O)[nH]2)cc2c1OCCCO2. The molecular formula is C27H24FN7O5. The monoisotopic (exact) mass is 545 g/mol. The van der Waals surface area contributed by atoms with Gasteiger partial charge in [-0.05, 0) is 54.1 Å². The van der Waals surface area contributed by atoms with Gasteiger partial charge in [0.2, 0.25) is 17.5 Å². The van der Waals surface area contributed by atoms with E-state index in [0.717, 1.165) is 10.2 Å². The Labute approximate surface area is 226 Å². The van der Waals surface area contributed by atoms with E-state index in [9.17, 15) is 9.18 Å². The summed E-state index contributed by atoms with van der Waals surface area (Å²) in [5.41, 5.74) is 1.46. The molecule has 0 saturated heterocycles. The first-order valence-electron chi connectivity index (χ1n) is 12.4. The maximum Gasteiger partial charge on any atom is 0.349 e. The third-order valence-corrected chi connectivity index (χ3v) is 6.22. The first-order chi connectivity index (χ1) is 19.5. The molecule has 0 spiro atoms. The lowest BCUT2D eigenvalue weighted by atomic mass is 10.0. The highest BCUT2D eigenvalue weighted by Crippen LogP contribution is 2.42. The van der Waals surface area contributed by atoms with E-state index in [1.807, 2.05) is 24.3 Å². The fraction of sp³-hybridized carbons (Fsp3) is 0.222. The zero-order valence-corrected chi connectivity index (χ0v) is 21.6. The second-order valence-electron chi connectivity index (χ2n) is 8.93. The van der Waals surface area contributed by atoms with Crippen LogP contribution >= 0.6 is 0 Å². The van der Waals surface area contributed by atoms with Crippen molar-refractivity contribution in [1.82, 2.24) is 29.9 Å². The third kappa shape index (κ3) is 4.84. The molecule has 5 aromatic rings. The lowest BCUT2D eigenvalue weighted by Crippen LogP contribution is -2.18. The van der Waals surface area contributed by atoms with Gasteiger partial charge in [0.25, 0.3) is 0 Å². The molecule has 0 amide bonds. The van der Waals surface area contributed by atoms with Crippen molar-refractivity contribution in [1.29, 1.82) is 0 Å². The van der Waals surface area contributed by atoms with Gasteiger partial charge in [-0.15, -0.1) is 5.10 Å². The molecule has 2 aromatic carbocycles. The lowest BCUT2D eigenvalue weighted by molar-refractivity contribution is 0.289. The van der Waals surface area contributed by atoms with Gasteiger partial charge in [0.1, 0.15) is 6.04 Å². The highest BCUT2D eigenvalue weighted by molar-refractivity contribution is 5.61. The van der Waals surface area contributed by atoms with Gasteiger partial charge < -0.3 is 24.1 Å². The summed E-state index contributed by atoms with van der Waals surface area (Å²) in [5, 5.41) is 11.8. The molecule has 0 saturated carbocycles. The van der Waals surface area contributed by atoms with Crippen molar-refractivity contribution in [3.63, 3.8) is 0 Å². The maximum atomic E-state index is 14.5. The number of nitrogens with zero attached hydrogens (tertiary/aromatic N) is 5. The van der Waals surface area contributed by atoms with Gasteiger partial charge >= 0.3 is 5.69 Å². The summed E-state index contributed by atoms with van der Waals surface area (Å²) in [4.78, 5) is 23.9. The van der Waals surface area contributed by atoms with Crippen LogP contribution in [0.1, 0.15) is 29.7 Å². The standard InChI is InChI=1S/C27H24FN7O5/c1-15-30-24(34-40-15)16-6-8-18(9-7-16)31-22(17-13-20(37-2)23-21(14-17)38-11-4-12-39-23)25-32-27(36)35(33-25)26-19(28)5-3-10-29-26/h3,5-10,13-14,22,31H,4,11-12H2,1-2H3,(H,32,33,36). The van der Waals surface area contributed by atoms with Gasteiger partial charge in [0, 0.05) is 30.8 Å². The molecule has 1 aliphatic rings. The number of aromatic nitrogens is 6. The van der Waals surface area contributed by atoms with Crippen molar-refractivity contribution in [3.8, 4) is 34.5 Å². The van der Waals surface area contributed by atoms with E-state index in [-0.39, 0.29) is 11.6 Å². The van der Waals surface area contributed by atoms with Crippen LogP contribution in [0, 0.1) is 12.7 Å². The summed E-state index contributed by atoms with van der Waals surface area (Å²) in [6.45, 7) is 2.68. The second kappa shape index (κ2) is 10.5. The Hall–Kier alpha value is -5.20. The molecule has 1 unspecified atom stereocenters. The van der Waals surface area contributed by atoms with Crippen LogP contribution in [0.5, 0.6) is 17.2 Å². The van der Waals surface area contributed by atoms with Crippen molar-refractivity contribution in [3.05, 3.63) is 88.3 Å². The number of benzene rings is 2. The number of H-pyrrole nitrogens is 1. The molecule has 204 valence electrons. The van der Waals surface area contributed by atoms with E-state index >= 15 is 0 Å². The Morgan fingerprint density at radius 3 is 2.73 bits per heavy atom. The zero-order chi connectivity index (χ0) is 27.6. The summed E-state index contributed by atoms with van der Waals surface area (Å²) in [6, 6.07) is 12.8. The predicted octanol–water partition coefficient (Wildman–Crippen LogP) is 3.82. The maximum absolute atomic E-state index is 14.5. The normalized spacial score (nSPS) is 13.5. The van der Waals surface area contributed by atoms with Gasteiger partial charge in [0.05, 0.1) is 20.3 Å². The second-order valence-corrected chi connectivity index (χ2v) is 8.93. The Morgan fingerprint density at radius 1 is 1.15 bits per heavy atom. The zero-order valence-electron chi connectivity index (χ0n) is 21.6. The number of ether oxygens (including phenoxy) is 3. The molecule has 0 aliphatic carbocycles. The summed E-state index contributed by atoms with van der Waals surface area (Å²) in [6.07, 6.45) is 2.10. The summed E-state index contributed by atoms with van der Waals surface area (Å²) >= 11 is 0. The van der Waals surface area contributed by atoms with Crippen LogP contribution in [-0.4, -0.2) is 50.2 Å². The fourth-order valence-electron chi connectivity index (χ4n) is 4.34. The Bertz CT molecular complexity index is 1710. The summed E-state index contributed by atoms with van der Waals surface area (Å²) in [5.74, 6) is 1.70. The first kappa shape index (κ1) is 25.1. The topological polar surface area (TPSA) is 142 Å². The van der Waals surface area contributed by atoms with E-state index in [4.69, 9.17) is 18.7 Å². The van der Waals surface area contributed by atoms with Gasteiger partial charge in [-0.1, -0.05) is 5.16 Å². The molecule has 12 nitrogen and oxygen atoms in total. The number of aryl methyl sites for hydroxylation is 1. The van der Waals surface area contributed by atoms with E-state index in [1.54, 1.807) is 19.1 Å². The van der Waals surface area contributed by atoms with Crippen LogP contribution in [0.2, 0.25) is 0 Å². The Kier molecular flexibility index (Phi) is 6.60. The van der Waals surface area contributed by atoms with Crippen LogP contribution in [0.25, 0.3) is 17.2 Å². The van der Waals surface area contributed by atoms with Crippen LogP contribution in [0.4, 0.5) is 10.1 Å². The van der Waals surface area contributed by atoms with Crippen LogP contribution in [0.3, 0.4) is 0 Å². The number of rotatable bonds is 7. The van der Waals surface area contributed by atoms with E-state index in [1.165, 1.54) is 25.4 Å². The van der Waals surface area contributed by atoms with Gasteiger partial charge in [0.15, 0.2) is 29.0 Å². The van der Waals surface area contributed by atoms with Crippen molar-refractivity contribution < 1.29 is 23.1 Å². The molecule has 0 bridgehead atoms. The van der Waals surface area contributed by atoms with Crippen molar-refractivity contribution >= 4 is 5.69 Å². The largest absolute Gasteiger partial charge is 0.493 e. The molecule has 40 heavy (non-hydrogen) atoms. The minimum absolute atomic E-state index is 0.212.